The lowest BCUT2D eigenvalue weighted by atomic mass is 10.1. The highest BCUT2D eigenvalue weighted by Gasteiger charge is 2.24. The molecule has 0 aromatic heterocycles. The molecular formula is C11H14Cl2N2O2S2. The van der Waals surface area contributed by atoms with Gasteiger partial charge in [-0.25, -0.2) is 13.1 Å². The molecule has 0 radical (unpaired) electrons. The summed E-state index contributed by atoms with van der Waals surface area (Å²) in [5, 5.41) is 0.455. The smallest absolute Gasteiger partial charge is 0.241 e. The molecule has 8 heteroatoms. The van der Waals surface area contributed by atoms with Crippen LogP contribution in [0, 0.1) is 5.92 Å². The minimum absolute atomic E-state index is 0.0174. The number of thiocarbonyl (C=S) groups is 1. The van der Waals surface area contributed by atoms with Gasteiger partial charge in [0.05, 0.1) is 26.0 Å². The zero-order chi connectivity index (χ0) is 14.8. The third kappa shape index (κ3) is 4.29. The first-order valence-corrected chi connectivity index (χ1v) is 8.06. The van der Waals surface area contributed by atoms with E-state index < -0.39 is 16.1 Å². The van der Waals surface area contributed by atoms with Crippen molar-refractivity contribution in [2.24, 2.45) is 11.7 Å². The predicted octanol–water partition coefficient (Wildman–Crippen LogP) is 2.58. The number of sulfonamides is 1. The van der Waals surface area contributed by atoms with Gasteiger partial charge in [-0.3, -0.25) is 0 Å². The predicted molar refractivity (Wildman–Crippen MR) is 82.2 cm³/mol. The number of rotatable bonds is 5. The molecule has 0 fully saturated rings. The Balaban J connectivity index is 3.10. The molecule has 0 amide bonds. The van der Waals surface area contributed by atoms with Crippen molar-refractivity contribution in [1.82, 2.24) is 4.72 Å². The van der Waals surface area contributed by atoms with E-state index in [-0.39, 0.29) is 25.8 Å². The summed E-state index contributed by atoms with van der Waals surface area (Å²) in [6, 6.07) is 3.45. The zero-order valence-corrected chi connectivity index (χ0v) is 13.5. The van der Waals surface area contributed by atoms with E-state index in [9.17, 15) is 8.42 Å². The van der Waals surface area contributed by atoms with Crippen LogP contribution >= 0.6 is 35.4 Å². The van der Waals surface area contributed by atoms with Gasteiger partial charge < -0.3 is 5.73 Å². The molecule has 4 nitrogen and oxygen atoms in total. The highest BCUT2D eigenvalue weighted by molar-refractivity contribution is 7.89. The van der Waals surface area contributed by atoms with Crippen LogP contribution in [0.3, 0.4) is 0 Å². The largest absolute Gasteiger partial charge is 0.392 e. The first kappa shape index (κ1) is 16.7. The Morgan fingerprint density at radius 3 is 2.32 bits per heavy atom. The van der Waals surface area contributed by atoms with Gasteiger partial charge >= 0.3 is 0 Å². The molecule has 0 aliphatic heterocycles. The average Bonchev–Trinajstić information content (AvgIpc) is 2.28. The fraction of sp³-hybridized carbons (Fsp3) is 0.364. The van der Waals surface area contributed by atoms with Crippen molar-refractivity contribution in [1.29, 1.82) is 0 Å². The molecule has 3 N–H and O–H groups in total. The first-order chi connectivity index (χ1) is 8.65. The number of hydrogen-bond acceptors (Lipinski definition) is 3. The number of benzene rings is 1. The van der Waals surface area contributed by atoms with E-state index in [4.69, 9.17) is 41.2 Å². The van der Waals surface area contributed by atoms with Crippen molar-refractivity contribution in [2.45, 2.75) is 24.8 Å². The summed E-state index contributed by atoms with van der Waals surface area (Å²) < 4.78 is 26.8. The molecule has 0 saturated heterocycles. The Bertz CT molecular complexity index is 588. The SMILES string of the molecule is CC(C)C(NS(=O)(=O)c1ccc(Cl)c(Cl)c1)C(N)=S. The lowest BCUT2D eigenvalue weighted by Crippen LogP contribution is -2.46. The third-order valence-electron chi connectivity index (χ3n) is 2.46. The second kappa shape index (κ2) is 6.37. The van der Waals surface area contributed by atoms with Crippen LogP contribution in [-0.4, -0.2) is 19.4 Å². The van der Waals surface area contributed by atoms with Gasteiger partial charge in [0.2, 0.25) is 10.0 Å². The fourth-order valence-corrected chi connectivity index (χ4v) is 3.56. The molecule has 1 unspecified atom stereocenters. The molecule has 0 aliphatic rings. The summed E-state index contributed by atoms with van der Waals surface area (Å²) in [4.78, 5) is 0.113. The Labute approximate surface area is 128 Å². The van der Waals surface area contributed by atoms with Gasteiger partial charge in [0.25, 0.3) is 0 Å². The summed E-state index contributed by atoms with van der Waals surface area (Å²) in [6.45, 7) is 3.64. The summed E-state index contributed by atoms with van der Waals surface area (Å²) >= 11 is 16.4. The quantitative estimate of drug-likeness (QED) is 0.808. The average molecular weight is 341 g/mol. The third-order valence-corrected chi connectivity index (χ3v) is 4.89. The van der Waals surface area contributed by atoms with Crippen molar-refractivity contribution < 1.29 is 8.42 Å². The van der Waals surface area contributed by atoms with Gasteiger partial charge in [-0.15, -0.1) is 0 Å². The van der Waals surface area contributed by atoms with E-state index in [0.29, 0.717) is 0 Å². The number of halogens is 2. The van der Waals surface area contributed by atoms with Gasteiger partial charge in [-0.05, 0) is 24.1 Å². The van der Waals surface area contributed by atoms with Crippen LogP contribution in [-0.2, 0) is 10.0 Å². The van der Waals surface area contributed by atoms with Gasteiger partial charge in [0.1, 0.15) is 0 Å². The zero-order valence-electron chi connectivity index (χ0n) is 10.4. The van der Waals surface area contributed by atoms with E-state index in [0.717, 1.165) is 0 Å². The molecule has 1 aromatic carbocycles. The maximum absolute atomic E-state index is 12.2. The highest BCUT2D eigenvalue weighted by Crippen LogP contribution is 2.25. The Morgan fingerprint density at radius 2 is 1.89 bits per heavy atom. The maximum Gasteiger partial charge on any atom is 0.241 e. The topological polar surface area (TPSA) is 72.2 Å². The van der Waals surface area contributed by atoms with Gasteiger partial charge in [0, 0.05) is 0 Å². The van der Waals surface area contributed by atoms with Crippen molar-refractivity contribution >= 4 is 50.4 Å². The second-order valence-corrected chi connectivity index (χ2v) is 7.32. The molecule has 0 aliphatic carbocycles. The lowest BCUT2D eigenvalue weighted by molar-refractivity contribution is 0.526. The first-order valence-electron chi connectivity index (χ1n) is 5.42. The van der Waals surface area contributed by atoms with Gasteiger partial charge in [-0.1, -0.05) is 49.3 Å². The molecule has 0 bridgehead atoms. The fourth-order valence-electron chi connectivity index (χ4n) is 1.40. The standard InChI is InChI=1S/C11H14Cl2N2O2S2/c1-6(2)10(11(14)18)15-19(16,17)7-3-4-8(12)9(13)5-7/h3-6,10,15H,1-2H3,(H2,14,18). The van der Waals surface area contributed by atoms with Crippen LogP contribution in [0.2, 0.25) is 10.0 Å². The summed E-state index contributed by atoms with van der Waals surface area (Å²) in [6.07, 6.45) is 0. The van der Waals surface area contributed by atoms with Crippen LogP contribution in [0.25, 0.3) is 0 Å². The number of hydrogen-bond donors (Lipinski definition) is 2. The van der Waals surface area contributed by atoms with Gasteiger partial charge in [-0.2, -0.15) is 0 Å². The molecular weight excluding hydrogens is 327 g/mol. The van der Waals surface area contributed by atoms with Gasteiger partial charge in [0.15, 0.2) is 0 Å². The molecule has 0 saturated carbocycles. The second-order valence-electron chi connectivity index (χ2n) is 4.32. The normalized spacial score (nSPS) is 13.5. The van der Waals surface area contributed by atoms with Crippen molar-refractivity contribution in [3.05, 3.63) is 28.2 Å². The van der Waals surface area contributed by atoms with Crippen LogP contribution in [0.15, 0.2) is 23.1 Å². The summed E-state index contributed by atoms with van der Waals surface area (Å²) in [5.41, 5.74) is 5.53. The van der Waals surface area contributed by atoms with Crippen LogP contribution in [0.1, 0.15) is 13.8 Å². The van der Waals surface area contributed by atoms with Crippen LogP contribution in [0.4, 0.5) is 0 Å². The highest BCUT2D eigenvalue weighted by atomic mass is 35.5. The minimum atomic E-state index is -3.75. The maximum atomic E-state index is 12.2. The Kier molecular flexibility index (Phi) is 5.58. The molecule has 1 atom stereocenters. The van der Waals surface area contributed by atoms with E-state index >= 15 is 0 Å². The van der Waals surface area contributed by atoms with E-state index in [2.05, 4.69) is 4.72 Å². The summed E-state index contributed by atoms with van der Waals surface area (Å²) in [5.74, 6) is -0.0601. The molecule has 1 rings (SSSR count). The number of nitrogens with two attached hydrogens (primary N) is 1. The summed E-state index contributed by atoms with van der Waals surface area (Å²) in [7, 11) is -3.75. The lowest BCUT2D eigenvalue weighted by Gasteiger charge is -2.21. The molecule has 0 spiro atoms. The minimum Gasteiger partial charge on any atom is -0.392 e. The monoisotopic (exact) mass is 340 g/mol. The Hall–Kier alpha value is -0.400. The Morgan fingerprint density at radius 1 is 1.32 bits per heavy atom. The van der Waals surface area contributed by atoms with E-state index in [1.807, 2.05) is 13.8 Å². The van der Waals surface area contributed by atoms with Crippen molar-refractivity contribution in [2.75, 3.05) is 0 Å². The molecule has 1 aromatic rings. The molecule has 0 heterocycles. The number of nitrogens with one attached hydrogen (secondary N) is 1. The van der Waals surface area contributed by atoms with Crippen molar-refractivity contribution in [3.63, 3.8) is 0 Å². The van der Waals surface area contributed by atoms with Crippen LogP contribution < -0.4 is 10.5 Å². The van der Waals surface area contributed by atoms with Crippen LogP contribution in [0.5, 0.6) is 0 Å². The molecule has 106 valence electrons. The molecule has 19 heavy (non-hydrogen) atoms. The van der Waals surface area contributed by atoms with E-state index in [1.165, 1.54) is 18.2 Å². The van der Waals surface area contributed by atoms with Crippen molar-refractivity contribution in [3.8, 4) is 0 Å². The van der Waals surface area contributed by atoms with E-state index in [1.54, 1.807) is 0 Å².